The first-order chi connectivity index (χ1) is 14.9. The average molecular weight is 420 g/mol. The van der Waals surface area contributed by atoms with Crippen molar-refractivity contribution in [1.29, 1.82) is 0 Å². The van der Waals surface area contributed by atoms with E-state index < -0.39 is 23.5 Å². The Morgan fingerprint density at radius 1 is 0.871 bits per heavy atom. The van der Waals surface area contributed by atoms with Crippen LogP contribution in [0.5, 0.6) is 0 Å². The number of halogens is 2. The number of hydrogen-bond donors (Lipinski definition) is 3. The van der Waals surface area contributed by atoms with Gasteiger partial charge in [-0.25, -0.2) is 13.6 Å². The van der Waals surface area contributed by atoms with Crippen LogP contribution in [-0.2, 0) is 0 Å². The van der Waals surface area contributed by atoms with Crippen LogP contribution in [0.4, 0.5) is 14.5 Å². The highest BCUT2D eigenvalue weighted by atomic mass is 19.2. The van der Waals surface area contributed by atoms with E-state index in [4.69, 9.17) is 0 Å². The van der Waals surface area contributed by atoms with Crippen LogP contribution >= 0.6 is 0 Å². The Hall–Kier alpha value is -4.40. The van der Waals surface area contributed by atoms with Crippen molar-refractivity contribution in [1.82, 2.24) is 15.4 Å². The SMILES string of the molecule is O=C(O)c1ccc(-c2cn[nH]n2)cc1C(=O)Nc1cccc(-c2ccc(F)c(F)c2)c1. The van der Waals surface area contributed by atoms with E-state index in [1.807, 2.05) is 0 Å². The summed E-state index contributed by atoms with van der Waals surface area (Å²) in [6.07, 6.45) is 1.45. The van der Waals surface area contributed by atoms with Crippen LogP contribution in [0, 0.1) is 11.6 Å². The van der Waals surface area contributed by atoms with Crippen LogP contribution in [0.3, 0.4) is 0 Å². The van der Waals surface area contributed by atoms with Crippen molar-refractivity contribution >= 4 is 17.6 Å². The molecule has 1 amide bonds. The summed E-state index contributed by atoms with van der Waals surface area (Å²) >= 11 is 0. The Kier molecular flexibility index (Phi) is 5.23. The molecular weight excluding hydrogens is 406 g/mol. The summed E-state index contributed by atoms with van der Waals surface area (Å²) in [4.78, 5) is 24.5. The second-order valence-electron chi connectivity index (χ2n) is 6.58. The van der Waals surface area contributed by atoms with Gasteiger partial charge >= 0.3 is 5.97 Å². The lowest BCUT2D eigenvalue weighted by atomic mass is 10.0. The Balaban J connectivity index is 1.66. The number of aromatic carboxylic acids is 1. The van der Waals surface area contributed by atoms with Gasteiger partial charge in [-0.2, -0.15) is 15.4 Å². The van der Waals surface area contributed by atoms with Crippen molar-refractivity contribution in [3.8, 4) is 22.4 Å². The molecule has 1 aromatic heterocycles. The molecule has 0 unspecified atom stereocenters. The molecule has 31 heavy (non-hydrogen) atoms. The van der Waals surface area contributed by atoms with Crippen molar-refractivity contribution < 1.29 is 23.5 Å². The third-order valence-corrected chi connectivity index (χ3v) is 4.58. The summed E-state index contributed by atoms with van der Waals surface area (Å²) in [5.41, 5.74) is 2.05. The van der Waals surface area contributed by atoms with Gasteiger partial charge in [0.25, 0.3) is 5.91 Å². The number of carboxylic acid groups (broad SMARTS) is 1. The number of aromatic nitrogens is 3. The van der Waals surface area contributed by atoms with Crippen LogP contribution in [0.1, 0.15) is 20.7 Å². The maximum atomic E-state index is 13.6. The van der Waals surface area contributed by atoms with Crippen LogP contribution in [0.2, 0.25) is 0 Å². The van der Waals surface area contributed by atoms with E-state index in [9.17, 15) is 23.5 Å². The third kappa shape index (κ3) is 4.15. The number of amides is 1. The van der Waals surface area contributed by atoms with E-state index in [0.717, 1.165) is 12.1 Å². The molecule has 0 saturated carbocycles. The van der Waals surface area contributed by atoms with E-state index in [-0.39, 0.29) is 11.1 Å². The minimum absolute atomic E-state index is 0.0637. The Morgan fingerprint density at radius 3 is 2.35 bits per heavy atom. The minimum atomic E-state index is -1.26. The standard InChI is InChI=1S/C22H14F2N4O3/c23-18-7-5-13(10-19(18)24)12-2-1-3-15(8-12)26-21(29)17-9-14(20-11-25-28-27-20)4-6-16(17)22(30)31/h1-11H,(H,26,29)(H,30,31)(H,25,27,28). The van der Waals surface area contributed by atoms with Crippen molar-refractivity contribution in [2.75, 3.05) is 5.32 Å². The summed E-state index contributed by atoms with van der Waals surface area (Å²) in [6, 6.07) is 14.2. The van der Waals surface area contributed by atoms with Crippen LogP contribution in [0.25, 0.3) is 22.4 Å². The molecule has 0 aliphatic carbocycles. The smallest absolute Gasteiger partial charge is 0.336 e. The van der Waals surface area contributed by atoms with Crippen molar-refractivity contribution in [2.24, 2.45) is 0 Å². The van der Waals surface area contributed by atoms with Gasteiger partial charge in [0, 0.05) is 11.3 Å². The Labute approximate surface area is 174 Å². The molecule has 9 heteroatoms. The van der Waals surface area contributed by atoms with Gasteiger partial charge in [-0.05, 0) is 47.5 Å². The molecule has 0 saturated heterocycles. The Morgan fingerprint density at radius 2 is 1.65 bits per heavy atom. The number of hydrogen-bond acceptors (Lipinski definition) is 4. The minimum Gasteiger partial charge on any atom is -0.478 e. The number of carbonyl (C=O) groups excluding carboxylic acids is 1. The van der Waals surface area contributed by atoms with Crippen LogP contribution < -0.4 is 5.32 Å². The van der Waals surface area contributed by atoms with E-state index in [2.05, 4.69) is 20.7 Å². The molecule has 0 atom stereocenters. The molecule has 4 rings (SSSR count). The topological polar surface area (TPSA) is 108 Å². The molecule has 0 aliphatic rings. The predicted molar refractivity (Wildman–Crippen MR) is 109 cm³/mol. The lowest BCUT2D eigenvalue weighted by Crippen LogP contribution is -2.16. The maximum absolute atomic E-state index is 13.6. The van der Waals surface area contributed by atoms with Gasteiger partial charge in [0.1, 0.15) is 5.69 Å². The molecule has 0 fully saturated rings. The fourth-order valence-corrected chi connectivity index (χ4v) is 3.07. The molecule has 1 heterocycles. The quantitative estimate of drug-likeness (QED) is 0.444. The fourth-order valence-electron chi connectivity index (χ4n) is 3.07. The molecule has 3 aromatic carbocycles. The van der Waals surface area contributed by atoms with Gasteiger partial charge in [-0.15, -0.1) is 0 Å². The van der Waals surface area contributed by atoms with Crippen molar-refractivity contribution in [2.45, 2.75) is 0 Å². The molecule has 154 valence electrons. The highest BCUT2D eigenvalue weighted by molar-refractivity contribution is 6.11. The molecule has 3 N–H and O–H groups in total. The van der Waals surface area contributed by atoms with Gasteiger partial charge in [0.15, 0.2) is 11.6 Å². The second kappa shape index (κ2) is 8.15. The summed E-state index contributed by atoms with van der Waals surface area (Å²) in [6.45, 7) is 0. The summed E-state index contributed by atoms with van der Waals surface area (Å²) in [5.74, 6) is -3.85. The second-order valence-corrected chi connectivity index (χ2v) is 6.58. The number of carboxylic acids is 1. The lowest BCUT2D eigenvalue weighted by molar-refractivity contribution is 0.0692. The number of H-pyrrole nitrogens is 1. The van der Waals surface area contributed by atoms with Crippen LogP contribution in [-0.4, -0.2) is 32.4 Å². The largest absolute Gasteiger partial charge is 0.478 e. The van der Waals surface area contributed by atoms with Gasteiger partial charge in [-0.1, -0.05) is 24.3 Å². The van der Waals surface area contributed by atoms with Gasteiger partial charge < -0.3 is 10.4 Å². The number of rotatable bonds is 5. The summed E-state index contributed by atoms with van der Waals surface area (Å²) in [5, 5.41) is 22.2. The predicted octanol–water partition coefficient (Wildman–Crippen LogP) is 4.37. The molecular formula is C22H14F2N4O3. The fraction of sp³-hybridized carbons (Fsp3) is 0. The van der Waals surface area contributed by atoms with E-state index in [0.29, 0.717) is 28.1 Å². The van der Waals surface area contributed by atoms with Crippen LogP contribution in [0.15, 0.2) is 66.9 Å². The number of carbonyl (C=O) groups is 2. The monoisotopic (exact) mass is 420 g/mol. The lowest BCUT2D eigenvalue weighted by Gasteiger charge is -2.11. The average Bonchev–Trinajstić information content (AvgIpc) is 3.30. The highest BCUT2D eigenvalue weighted by Gasteiger charge is 2.19. The zero-order chi connectivity index (χ0) is 22.0. The molecule has 0 aliphatic heterocycles. The molecule has 7 nitrogen and oxygen atoms in total. The highest BCUT2D eigenvalue weighted by Crippen LogP contribution is 2.26. The molecule has 0 spiro atoms. The number of nitrogens with one attached hydrogen (secondary N) is 2. The first-order valence-electron chi connectivity index (χ1n) is 9.02. The zero-order valence-corrected chi connectivity index (χ0v) is 15.8. The van der Waals surface area contributed by atoms with E-state index in [1.165, 1.54) is 30.5 Å². The van der Waals surface area contributed by atoms with Gasteiger partial charge in [0.2, 0.25) is 0 Å². The Bertz CT molecular complexity index is 1290. The summed E-state index contributed by atoms with van der Waals surface area (Å²) < 4.78 is 26.8. The van der Waals surface area contributed by atoms with Gasteiger partial charge in [-0.3, -0.25) is 4.79 Å². The zero-order valence-electron chi connectivity index (χ0n) is 15.8. The number of nitrogens with zero attached hydrogens (tertiary/aromatic N) is 2. The normalized spacial score (nSPS) is 10.6. The van der Waals surface area contributed by atoms with E-state index in [1.54, 1.807) is 24.3 Å². The number of aromatic amines is 1. The number of anilines is 1. The third-order valence-electron chi connectivity index (χ3n) is 4.58. The first-order valence-corrected chi connectivity index (χ1v) is 9.02. The van der Waals surface area contributed by atoms with E-state index >= 15 is 0 Å². The van der Waals surface area contributed by atoms with Gasteiger partial charge in [0.05, 0.1) is 17.3 Å². The first kappa shape index (κ1) is 19.9. The van der Waals surface area contributed by atoms with Crippen molar-refractivity contribution in [3.63, 3.8) is 0 Å². The number of benzene rings is 3. The summed E-state index contributed by atoms with van der Waals surface area (Å²) in [7, 11) is 0. The molecule has 0 bridgehead atoms. The molecule has 0 radical (unpaired) electrons. The molecule has 4 aromatic rings. The maximum Gasteiger partial charge on any atom is 0.336 e. The van der Waals surface area contributed by atoms with Crippen molar-refractivity contribution in [3.05, 3.63) is 89.6 Å².